The number of fused-ring (bicyclic) bond motifs is 1. The van der Waals surface area contributed by atoms with Gasteiger partial charge in [-0.3, -0.25) is 9.59 Å². The van der Waals surface area contributed by atoms with Gasteiger partial charge in [0, 0.05) is 0 Å². The summed E-state index contributed by atoms with van der Waals surface area (Å²) < 4.78 is 47.3. The molecule has 0 aliphatic heterocycles. The Morgan fingerprint density at radius 1 is 1.03 bits per heavy atom. The molecular formula is C30H35ClF3NO3. The molecule has 0 radical (unpaired) electrons. The molecule has 1 N–H and O–H groups in total. The first-order valence-electron chi connectivity index (χ1n) is 13.2. The Hall–Kier alpha value is -2.54. The van der Waals surface area contributed by atoms with Gasteiger partial charge in [0.1, 0.15) is 5.60 Å². The third-order valence-corrected chi connectivity index (χ3v) is 7.95. The van der Waals surface area contributed by atoms with Gasteiger partial charge >= 0.3 is 12.1 Å². The topological polar surface area (TPSA) is 55.4 Å². The molecule has 0 unspecified atom stereocenters. The number of alkyl halides is 3. The molecule has 1 amide bonds. The summed E-state index contributed by atoms with van der Waals surface area (Å²) in [5.41, 5.74) is 2.44. The summed E-state index contributed by atoms with van der Waals surface area (Å²) in [4.78, 5) is 26.1. The van der Waals surface area contributed by atoms with Crippen molar-refractivity contribution in [2.24, 2.45) is 23.7 Å². The highest BCUT2D eigenvalue weighted by Crippen LogP contribution is 2.46. The van der Waals surface area contributed by atoms with Gasteiger partial charge < -0.3 is 10.1 Å². The van der Waals surface area contributed by atoms with Gasteiger partial charge in [-0.2, -0.15) is 13.2 Å². The van der Waals surface area contributed by atoms with E-state index in [1.165, 1.54) is 0 Å². The van der Waals surface area contributed by atoms with Gasteiger partial charge in [0.2, 0.25) is 5.91 Å². The lowest BCUT2D eigenvalue weighted by molar-refractivity contribution is -0.190. The number of nitrogens with one attached hydrogen (secondary N) is 1. The van der Waals surface area contributed by atoms with Gasteiger partial charge in [0.15, 0.2) is 0 Å². The number of esters is 1. The molecule has 38 heavy (non-hydrogen) atoms. The third-order valence-electron chi connectivity index (χ3n) is 7.62. The minimum Gasteiger partial charge on any atom is -0.460 e. The molecule has 2 aliphatic rings. The lowest BCUT2D eigenvalue weighted by Crippen LogP contribution is -2.41. The van der Waals surface area contributed by atoms with Crippen LogP contribution >= 0.6 is 11.6 Å². The van der Waals surface area contributed by atoms with Crippen LogP contribution in [0.4, 0.5) is 18.9 Å². The van der Waals surface area contributed by atoms with E-state index in [1.807, 2.05) is 51.1 Å². The van der Waals surface area contributed by atoms with E-state index in [2.05, 4.69) is 5.32 Å². The molecule has 2 aromatic carbocycles. The van der Waals surface area contributed by atoms with Crippen molar-refractivity contribution >= 4 is 29.2 Å². The van der Waals surface area contributed by atoms with E-state index in [-0.39, 0.29) is 29.0 Å². The Balaban J connectivity index is 1.57. The summed E-state index contributed by atoms with van der Waals surface area (Å²) in [5.74, 6) is -4.39. The normalized spacial score (nSPS) is 18.4. The monoisotopic (exact) mass is 549 g/mol. The summed E-state index contributed by atoms with van der Waals surface area (Å²) in [5, 5.41) is 2.96. The first-order valence-corrected chi connectivity index (χ1v) is 13.6. The largest absolute Gasteiger partial charge is 0.460 e. The average molecular weight is 550 g/mol. The zero-order chi connectivity index (χ0) is 27.8. The van der Waals surface area contributed by atoms with Crippen molar-refractivity contribution in [3.8, 4) is 0 Å². The summed E-state index contributed by atoms with van der Waals surface area (Å²) in [6.07, 6.45) is -1.54. The van der Waals surface area contributed by atoms with E-state index in [9.17, 15) is 22.8 Å². The van der Waals surface area contributed by atoms with E-state index < -0.39 is 35.4 Å². The van der Waals surface area contributed by atoms with E-state index in [0.29, 0.717) is 18.8 Å². The number of ether oxygens (including phenoxy) is 1. The zero-order valence-electron chi connectivity index (χ0n) is 22.2. The van der Waals surface area contributed by atoms with Gasteiger partial charge in [0.25, 0.3) is 0 Å². The number of hydrogen-bond donors (Lipinski definition) is 1. The van der Waals surface area contributed by atoms with E-state index >= 15 is 0 Å². The van der Waals surface area contributed by atoms with Crippen LogP contribution in [0, 0.1) is 23.7 Å². The predicted octanol–water partition coefficient (Wildman–Crippen LogP) is 7.73. The number of hydrogen-bond acceptors (Lipinski definition) is 3. The van der Waals surface area contributed by atoms with Crippen molar-refractivity contribution in [3.63, 3.8) is 0 Å². The van der Waals surface area contributed by atoms with Crippen LogP contribution in [0.1, 0.15) is 69.6 Å². The number of carbonyl (C=O) groups is 2. The fourth-order valence-corrected chi connectivity index (χ4v) is 5.77. The van der Waals surface area contributed by atoms with E-state index in [4.69, 9.17) is 16.3 Å². The minimum atomic E-state index is -4.52. The third kappa shape index (κ3) is 6.90. The highest BCUT2D eigenvalue weighted by atomic mass is 35.5. The van der Waals surface area contributed by atoms with Crippen LogP contribution in [-0.2, 0) is 27.2 Å². The summed E-state index contributed by atoms with van der Waals surface area (Å²) >= 11 is 6.41. The molecule has 3 atom stereocenters. The molecule has 2 aliphatic carbocycles. The lowest BCUT2D eigenvalue weighted by atomic mass is 9.79. The average Bonchev–Trinajstić information content (AvgIpc) is 3.56. The summed E-state index contributed by atoms with van der Waals surface area (Å²) in [6.45, 7) is 6.52. The molecule has 0 aromatic heterocycles. The second kappa shape index (κ2) is 10.9. The Labute approximate surface area is 227 Å². The highest BCUT2D eigenvalue weighted by molar-refractivity contribution is 6.33. The van der Waals surface area contributed by atoms with E-state index in [0.717, 1.165) is 36.5 Å². The van der Waals surface area contributed by atoms with Crippen LogP contribution in [0.15, 0.2) is 42.5 Å². The Bertz CT molecular complexity index is 1160. The van der Waals surface area contributed by atoms with Crippen molar-refractivity contribution in [3.05, 3.63) is 64.2 Å². The molecule has 1 saturated carbocycles. The summed E-state index contributed by atoms with van der Waals surface area (Å²) in [7, 11) is 0. The second-order valence-electron chi connectivity index (χ2n) is 11.8. The van der Waals surface area contributed by atoms with Gasteiger partial charge in [-0.15, -0.1) is 0 Å². The first kappa shape index (κ1) is 28.5. The number of carbonyl (C=O) groups excluding carboxylic acids is 2. The number of amides is 1. The SMILES string of the molecule is C[C@H]([C@H](C(=O)Nc1cc([C@@H](CC(=O)OC(C)(C)C)C2CC2)ccc1Cl)C1Cc2ccccc2C1)C(F)(F)F. The maximum Gasteiger partial charge on any atom is 0.392 e. The van der Waals surface area contributed by atoms with Crippen LogP contribution in [0.25, 0.3) is 0 Å². The van der Waals surface area contributed by atoms with Crippen molar-refractivity contribution in [1.29, 1.82) is 0 Å². The Morgan fingerprint density at radius 2 is 1.63 bits per heavy atom. The fourth-order valence-electron chi connectivity index (χ4n) is 5.60. The molecule has 0 bridgehead atoms. The molecule has 0 heterocycles. The summed E-state index contributed by atoms with van der Waals surface area (Å²) in [6, 6.07) is 12.7. The van der Waals surface area contributed by atoms with Crippen LogP contribution in [0.2, 0.25) is 5.02 Å². The first-order chi connectivity index (χ1) is 17.7. The maximum atomic E-state index is 13.9. The van der Waals surface area contributed by atoms with Gasteiger partial charge in [-0.05, 0) is 93.0 Å². The second-order valence-corrected chi connectivity index (χ2v) is 12.2. The smallest absolute Gasteiger partial charge is 0.392 e. The molecule has 4 nitrogen and oxygen atoms in total. The van der Waals surface area contributed by atoms with Crippen LogP contribution in [0.3, 0.4) is 0 Å². The van der Waals surface area contributed by atoms with E-state index in [1.54, 1.807) is 12.1 Å². The van der Waals surface area contributed by atoms with Crippen molar-refractivity contribution in [1.82, 2.24) is 0 Å². The molecule has 2 aromatic rings. The molecule has 0 spiro atoms. The molecular weight excluding hydrogens is 515 g/mol. The fraction of sp³-hybridized carbons (Fsp3) is 0.533. The molecule has 206 valence electrons. The highest BCUT2D eigenvalue weighted by Gasteiger charge is 2.48. The maximum absolute atomic E-state index is 13.9. The zero-order valence-corrected chi connectivity index (χ0v) is 23.0. The number of anilines is 1. The minimum absolute atomic E-state index is 0.119. The molecule has 0 saturated heterocycles. The number of rotatable bonds is 8. The molecule has 4 rings (SSSR count). The molecule has 1 fully saturated rings. The van der Waals surface area contributed by atoms with Gasteiger partial charge in [-0.25, -0.2) is 0 Å². The number of benzene rings is 2. The van der Waals surface area contributed by atoms with Crippen LogP contribution in [0.5, 0.6) is 0 Å². The van der Waals surface area contributed by atoms with Crippen molar-refractivity contribution < 1.29 is 27.5 Å². The van der Waals surface area contributed by atoms with Crippen LogP contribution in [-0.4, -0.2) is 23.7 Å². The Kier molecular flexibility index (Phi) is 8.17. The standard InChI is InChI=1S/C30H35ClF3NO3/c1-17(30(32,33)34)27(22-13-19-7-5-6-8-20(19)14-22)28(37)35-25-15-21(11-12-24(25)31)23(18-9-10-18)16-26(36)38-29(2,3)4/h5-8,11-12,15,17-18,22-23,27H,9-10,13-14,16H2,1-4H3,(H,35,37)/t17-,23+,27+/m1/s1. The lowest BCUT2D eigenvalue weighted by Gasteiger charge is -2.30. The number of halogens is 4. The van der Waals surface area contributed by atoms with Crippen molar-refractivity contribution in [2.45, 2.75) is 77.5 Å². The van der Waals surface area contributed by atoms with Gasteiger partial charge in [0.05, 0.1) is 29.0 Å². The molecule has 8 heteroatoms. The quantitative estimate of drug-likeness (QED) is 0.343. The predicted molar refractivity (Wildman–Crippen MR) is 142 cm³/mol. The van der Waals surface area contributed by atoms with Crippen LogP contribution < -0.4 is 5.32 Å². The van der Waals surface area contributed by atoms with Gasteiger partial charge in [-0.1, -0.05) is 48.9 Å². The Morgan fingerprint density at radius 3 is 2.16 bits per heavy atom. The van der Waals surface area contributed by atoms with Crippen molar-refractivity contribution in [2.75, 3.05) is 5.32 Å².